The molecule has 0 spiro atoms. The Labute approximate surface area is 158 Å². The first kappa shape index (κ1) is 21.3. The van der Waals surface area contributed by atoms with Gasteiger partial charge in [0, 0.05) is 24.1 Å². The zero-order chi connectivity index (χ0) is 19.2. The van der Waals surface area contributed by atoms with Crippen molar-refractivity contribution in [2.75, 3.05) is 24.3 Å². The fraction of sp³-hybridized carbons (Fsp3) is 0.318. The molecule has 0 aromatic heterocycles. The quantitative estimate of drug-likeness (QED) is 0.351. The molecule has 4 nitrogen and oxygen atoms in total. The van der Waals surface area contributed by atoms with Crippen molar-refractivity contribution in [1.82, 2.24) is 0 Å². The molecule has 0 atom stereocenters. The number of rotatable bonds is 8. The number of ether oxygens (including phenoxy) is 1. The summed E-state index contributed by atoms with van der Waals surface area (Å²) in [5.74, 6) is 0. The van der Waals surface area contributed by atoms with Crippen LogP contribution in [0.25, 0.3) is 0 Å². The molecule has 0 bridgehead atoms. The summed E-state index contributed by atoms with van der Waals surface area (Å²) in [7, 11) is 1.60. The maximum atomic E-state index is 5.32. The van der Waals surface area contributed by atoms with Crippen LogP contribution in [0.15, 0.2) is 71.4 Å². The lowest BCUT2D eigenvalue weighted by Crippen LogP contribution is -2.14. The number of aryl methyl sites for hydroxylation is 1. The van der Waals surface area contributed by atoms with Crippen LogP contribution in [-0.2, 0) is 4.74 Å². The molecule has 0 fully saturated rings. The highest BCUT2D eigenvalue weighted by atomic mass is 16.5. The molecule has 1 aromatic rings. The highest BCUT2D eigenvalue weighted by molar-refractivity contribution is 5.90. The third-order valence-electron chi connectivity index (χ3n) is 3.59. The van der Waals surface area contributed by atoms with Gasteiger partial charge in [0.2, 0.25) is 0 Å². The maximum absolute atomic E-state index is 5.32. The van der Waals surface area contributed by atoms with Gasteiger partial charge in [-0.05, 0) is 57.9 Å². The number of methoxy groups -OCH3 is 1. The summed E-state index contributed by atoms with van der Waals surface area (Å²) in [5, 5.41) is 6.54. The molecule has 0 aliphatic carbocycles. The highest BCUT2D eigenvalue weighted by Gasteiger charge is 2.02. The normalized spacial score (nSPS) is 13.1. The number of aliphatic imine (C=N–C) groups is 1. The van der Waals surface area contributed by atoms with E-state index in [0.29, 0.717) is 6.02 Å². The molecule has 0 aliphatic heterocycles. The monoisotopic (exact) mass is 353 g/mol. The molecule has 0 radical (unpaired) electrons. The largest absolute Gasteiger partial charge is 0.468 e. The van der Waals surface area contributed by atoms with Crippen LogP contribution in [0, 0.1) is 6.92 Å². The van der Waals surface area contributed by atoms with Crippen molar-refractivity contribution in [3.63, 3.8) is 0 Å². The van der Waals surface area contributed by atoms with E-state index in [4.69, 9.17) is 4.74 Å². The fourth-order valence-electron chi connectivity index (χ4n) is 2.15. The lowest BCUT2D eigenvalue weighted by molar-refractivity contribution is 0.402. The molecule has 0 unspecified atom stereocenters. The molecule has 1 aromatic carbocycles. The van der Waals surface area contributed by atoms with Crippen molar-refractivity contribution in [3.8, 4) is 0 Å². The molecular weight excluding hydrogens is 322 g/mol. The van der Waals surface area contributed by atoms with Crippen molar-refractivity contribution in [1.29, 1.82) is 0 Å². The SMILES string of the molecule is C/C=C\C=CC/C=C(C)/C=C/N=C(Nc1ccc(C)c(NCC)c1)OC. The minimum atomic E-state index is 0.452. The van der Waals surface area contributed by atoms with Gasteiger partial charge in [-0.25, -0.2) is 4.99 Å². The number of hydrogen-bond donors (Lipinski definition) is 2. The average molecular weight is 354 g/mol. The van der Waals surface area contributed by atoms with Gasteiger partial charge in [0.05, 0.1) is 7.11 Å². The molecule has 26 heavy (non-hydrogen) atoms. The average Bonchev–Trinajstić information content (AvgIpc) is 2.63. The van der Waals surface area contributed by atoms with Crippen LogP contribution in [0.4, 0.5) is 11.4 Å². The van der Waals surface area contributed by atoms with E-state index in [1.54, 1.807) is 13.3 Å². The van der Waals surface area contributed by atoms with E-state index in [0.717, 1.165) is 29.9 Å². The lowest BCUT2D eigenvalue weighted by atomic mass is 10.2. The summed E-state index contributed by atoms with van der Waals surface area (Å²) < 4.78 is 5.32. The molecular formula is C22H31N3O. The second-order valence-electron chi connectivity index (χ2n) is 5.78. The van der Waals surface area contributed by atoms with Gasteiger partial charge in [0.15, 0.2) is 0 Å². The Morgan fingerprint density at radius 3 is 2.77 bits per heavy atom. The first-order chi connectivity index (χ1) is 12.6. The molecule has 2 N–H and O–H groups in total. The Balaban J connectivity index is 2.70. The summed E-state index contributed by atoms with van der Waals surface area (Å²) in [6.07, 6.45) is 14.9. The summed E-state index contributed by atoms with van der Waals surface area (Å²) in [6, 6.07) is 6.58. The van der Waals surface area contributed by atoms with Gasteiger partial charge < -0.3 is 15.4 Å². The molecule has 0 amide bonds. The third kappa shape index (κ3) is 8.38. The molecule has 0 heterocycles. The Hall–Kier alpha value is -2.75. The Morgan fingerprint density at radius 1 is 1.27 bits per heavy atom. The van der Waals surface area contributed by atoms with Gasteiger partial charge in [-0.15, -0.1) is 0 Å². The van der Waals surface area contributed by atoms with Crippen LogP contribution in [0.1, 0.15) is 32.8 Å². The summed E-state index contributed by atoms with van der Waals surface area (Å²) in [6.45, 7) is 9.11. The zero-order valence-electron chi connectivity index (χ0n) is 16.5. The molecule has 140 valence electrons. The zero-order valence-corrected chi connectivity index (χ0v) is 16.5. The number of nitrogens with one attached hydrogen (secondary N) is 2. The Kier molecular flexibility index (Phi) is 10.3. The van der Waals surface area contributed by atoms with Crippen LogP contribution in [0.2, 0.25) is 0 Å². The summed E-state index contributed by atoms with van der Waals surface area (Å²) >= 11 is 0. The van der Waals surface area contributed by atoms with Crippen molar-refractivity contribution < 1.29 is 4.74 Å². The number of nitrogens with zero attached hydrogens (tertiary/aromatic N) is 1. The van der Waals surface area contributed by atoms with Gasteiger partial charge in [0.1, 0.15) is 0 Å². The van der Waals surface area contributed by atoms with Gasteiger partial charge >= 0.3 is 0 Å². The fourth-order valence-corrected chi connectivity index (χ4v) is 2.15. The molecule has 0 saturated heterocycles. The van der Waals surface area contributed by atoms with E-state index < -0.39 is 0 Å². The van der Waals surface area contributed by atoms with Crippen LogP contribution in [0.5, 0.6) is 0 Å². The number of allylic oxidation sites excluding steroid dienone is 7. The van der Waals surface area contributed by atoms with E-state index in [1.165, 1.54) is 5.56 Å². The van der Waals surface area contributed by atoms with Crippen molar-refractivity contribution in [2.24, 2.45) is 4.99 Å². The van der Waals surface area contributed by atoms with E-state index in [2.05, 4.69) is 60.7 Å². The van der Waals surface area contributed by atoms with Crippen molar-refractivity contribution in [2.45, 2.75) is 34.1 Å². The van der Waals surface area contributed by atoms with E-state index in [-0.39, 0.29) is 0 Å². The first-order valence-corrected chi connectivity index (χ1v) is 8.95. The second-order valence-corrected chi connectivity index (χ2v) is 5.78. The third-order valence-corrected chi connectivity index (χ3v) is 3.59. The minimum absolute atomic E-state index is 0.452. The number of benzene rings is 1. The van der Waals surface area contributed by atoms with E-state index >= 15 is 0 Å². The standard InChI is InChI=1S/C22H31N3O/c1-6-8-9-10-11-12-18(3)15-16-24-22(26-5)25-20-14-13-19(4)21(17-20)23-7-2/h6,8-10,12-17,23H,7,11H2,1-5H3,(H,24,25)/b8-6-,10-9?,16-15+,18-12+. The predicted molar refractivity (Wildman–Crippen MR) is 115 cm³/mol. The minimum Gasteiger partial charge on any atom is -0.468 e. The lowest BCUT2D eigenvalue weighted by Gasteiger charge is -2.12. The number of amidine groups is 1. The smallest absolute Gasteiger partial charge is 0.293 e. The summed E-state index contributed by atoms with van der Waals surface area (Å²) in [4.78, 5) is 4.35. The first-order valence-electron chi connectivity index (χ1n) is 8.95. The van der Waals surface area contributed by atoms with Gasteiger partial charge in [0.25, 0.3) is 6.02 Å². The highest BCUT2D eigenvalue weighted by Crippen LogP contribution is 2.20. The van der Waals surface area contributed by atoms with Crippen LogP contribution in [-0.4, -0.2) is 19.7 Å². The van der Waals surface area contributed by atoms with E-state index in [1.807, 2.05) is 37.3 Å². The second kappa shape index (κ2) is 12.6. The van der Waals surface area contributed by atoms with Gasteiger partial charge in [-0.1, -0.05) is 42.0 Å². The predicted octanol–water partition coefficient (Wildman–Crippen LogP) is 5.82. The van der Waals surface area contributed by atoms with Crippen molar-refractivity contribution in [3.05, 3.63) is 72.0 Å². The molecule has 4 heteroatoms. The van der Waals surface area contributed by atoms with Gasteiger partial charge in [-0.3, -0.25) is 0 Å². The molecule has 0 aliphatic rings. The summed E-state index contributed by atoms with van der Waals surface area (Å²) in [5.41, 5.74) is 4.40. The van der Waals surface area contributed by atoms with E-state index in [9.17, 15) is 0 Å². The number of hydrogen-bond acceptors (Lipinski definition) is 3. The van der Waals surface area contributed by atoms with Crippen molar-refractivity contribution >= 4 is 17.4 Å². The number of anilines is 2. The van der Waals surface area contributed by atoms with Crippen LogP contribution < -0.4 is 10.6 Å². The van der Waals surface area contributed by atoms with Gasteiger partial charge in [-0.2, -0.15) is 0 Å². The molecule has 1 rings (SSSR count). The maximum Gasteiger partial charge on any atom is 0.293 e. The van der Waals surface area contributed by atoms with Crippen LogP contribution >= 0.6 is 0 Å². The Bertz CT molecular complexity index is 697. The molecule has 0 saturated carbocycles. The van der Waals surface area contributed by atoms with Crippen LogP contribution in [0.3, 0.4) is 0 Å². The topological polar surface area (TPSA) is 45.7 Å². The Morgan fingerprint density at radius 2 is 2.08 bits per heavy atom.